The van der Waals surface area contributed by atoms with Gasteiger partial charge in [0.05, 0.1) is 0 Å². The standard InChI is InChI=1S/C12H12N4O3/c17-11(15-4-1-2-9(15)12(18)19)8-3-5-16-10(6-8)13-7-14-16/h3,5-7,9H,1-2,4H2,(H,18,19)/t9-/m0/s1. The van der Waals surface area contributed by atoms with Gasteiger partial charge < -0.3 is 10.0 Å². The SMILES string of the molecule is O=C(O)[C@@H]1CCCN1C(=O)c1ccn2ncnc2c1. The molecule has 1 N–H and O–H groups in total. The molecular formula is C12H12N4O3. The molecule has 0 radical (unpaired) electrons. The first-order valence-corrected chi connectivity index (χ1v) is 6.00. The van der Waals surface area contributed by atoms with Gasteiger partial charge in [-0.15, -0.1) is 0 Å². The molecule has 2 aromatic heterocycles. The Morgan fingerprint density at radius 3 is 3.05 bits per heavy atom. The number of carbonyl (C=O) groups excluding carboxylic acids is 1. The zero-order valence-electron chi connectivity index (χ0n) is 10.1. The molecule has 0 unspecified atom stereocenters. The second-order valence-electron chi connectivity index (χ2n) is 4.47. The van der Waals surface area contributed by atoms with E-state index in [1.54, 1.807) is 22.8 Å². The first kappa shape index (κ1) is 11.6. The molecule has 1 aliphatic heterocycles. The molecule has 1 saturated heterocycles. The number of likely N-dealkylation sites (tertiary alicyclic amines) is 1. The third kappa shape index (κ3) is 1.92. The lowest BCUT2D eigenvalue weighted by Crippen LogP contribution is -2.40. The van der Waals surface area contributed by atoms with Crippen molar-refractivity contribution in [3.63, 3.8) is 0 Å². The van der Waals surface area contributed by atoms with Gasteiger partial charge in [-0.3, -0.25) is 4.79 Å². The highest BCUT2D eigenvalue weighted by Gasteiger charge is 2.34. The number of hydrogen-bond acceptors (Lipinski definition) is 4. The molecule has 0 aliphatic carbocycles. The summed E-state index contributed by atoms with van der Waals surface area (Å²) in [4.78, 5) is 28.8. The van der Waals surface area contributed by atoms with Crippen molar-refractivity contribution in [3.05, 3.63) is 30.2 Å². The number of hydrogen-bond donors (Lipinski definition) is 1. The molecule has 19 heavy (non-hydrogen) atoms. The Labute approximate surface area is 108 Å². The Hall–Kier alpha value is -2.44. The fraction of sp³-hybridized carbons (Fsp3) is 0.333. The van der Waals surface area contributed by atoms with Gasteiger partial charge in [0, 0.05) is 18.3 Å². The van der Waals surface area contributed by atoms with Crippen LogP contribution in [0.15, 0.2) is 24.7 Å². The van der Waals surface area contributed by atoms with E-state index in [4.69, 9.17) is 5.11 Å². The average molecular weight is 260 g/mol. The van der Waals surface area contributed by atoms with Crippen molar-refractivity contribution in [2.75, 3.05) is 6.54 Å². The van der Waals surface area contributed by atoms with Gasteiger partial charge in [0.25, 0.3) is 5.91 Å². The minimum absolute atomic E-state index is 0.268. The normalized spacial score (nSPS) is 18.9. The van der Waals surface area contributed by atoms with Gasteiger partial charge in [0.1, 0.15) is 12.4 Å². The van der Waals surface area contributed by atoms with Crippen LogP contribution in [0.4, 0.5) is 0 Å². The molecule has 0 spiro atoms. The highest BCUT2D eigenvalue weighted by molar-refractivity contribution is 5.97. The van der Waals surface area contributed by atoms with E-state index in [2.05, 4.69) is 10.1 Å². The fourth-order valence-corrected chi connectivity index (χ4v) is 2.38. The number of pyridine rings is 1. The van der Waals surface area contributed by atoms with Crippen LogP contribution in [-0.2, 0) is 4.79 Å². The van der Waals surface area contributed by atoms with Crippen molar-refractivity contribution in [2.24, 2.45) is 0 Å². The van der Waals surface area contributed by atoms with Gasteiger partial charge in [0.15, 0.2) is 5.65 Å². The van der Waals surface area contributed by atoms with Gasteiger partial charge in [-0.25, -0.2) is 14.3 Å². The summed E-state index contributed by atoms with van der Waals surface area (Å²) in [5.74, 6) is -1.22. The van der Waals surface area contributed by atoms with E-state index in [-0.39, 0.29) is 5.91 Å². The monoisotopic (exact) mass is 260 g/mol. The Morgan fingerprint density at radius 2 is 2.26 bits per heavy atom. The molecule has 7 heteroatoms. The van der Waals surface area contributed by atoms with Gasteiger partial charge in [-0.05, 0) is 25.0 Å². The fourth-order valence-electron chi connectivity index (χ4n) is 2.38. The number of carbonyl (C=O) groups is 2. The Bertz CT molecular complexity index is 651. The molecule has 3 heterocycles. The first-order chi connectivity index (χ1) is 9.16. The highest BCUT2D eigenvalue weighted by atomic mass is 16.4. The lowest BCUT2D eigenvalue weighted by atomic mass is 10.2. The zero-order valence-corrected chi connectivity index (χ0v) is 10.1. The van der Waals surface area contributed by atoms with Gasteiger partial charge >= 0.3 is 5.97 Å². The Balaban J connectivity index is 1.92. The summed E-state index contributed by atoms with van der Waals surface area (Å²) in [6.07, 6.45) is 4.27. The molecule has 7 nitrogen and oxygen atoms in total. The Morgan fingerprint density at radius 1 is 1.42 bits per heavy atom. The molecule has 98 valence electrons. The van der Waals surface area contributed by atoms with Crippen LogP contribution in [0, 0.1) is 0 Å². The summed E-state index contributed by atoms with van der Waals surface area (Å²) in [6, 6.07) is 2.52. The number of carboxylic acid groups (broad SMARTS) is 1. The largest absolute Gasteiger partial charge is 0.480 e. The molecule has 0 bridgehead atoms. The van der Waals surface area contributed by atoms with Crippen molar-refractivity contribution in [1.29, 1.82) is 0 Å². The Kier molecular flexibility index (Phi) is 2.66. The van der Waals surface area contributed by atoms with E-state index in [0.29, 0.717) is 24.2 Å². The van der Waals surface area contributed by atoms with Crippen LogP contribution in [0.1, 0.15) is 23.2 Å². The predicted molar refractivity (Wildman–Crippen MR) is 64.7 cm³/mol. The first-order valence-electron chi connectivity index (χ1n) is 6.00. The number of aromatic nitrogens is 3. The van der Waals surface area contributed by atoms with E-state index < -0.39 is 12.0 Å². The minimum atomic E-state index is -0.950. The molecule has 0 saturated carbocycles. The van der Waals surface area contributed by atoms with Crippen molar-refractivity contribution in [1.82, 2.24) is 19.5 Å². The lowest BCUT2D eigenvalue weighted by Gasteiger charge is -2.21. The number of rotatable bonds is 2. The molecule has 1 atom stereocenters. The van der Waals surface area contributed by atoms with E-state index in [1.807, 2.05) is 0 Å². The van der Waals surface area contributed by atoms with E-state index in [0.717, 1.165) is 6.42 Å². The van der Waals surface area contributed by atoms with Gasteiger partial charge in [-0.1, -0.05) is 0 Å². The summed E-state index contributed by atoms with van der Waals surface area (Å²) in [5, 5.41) is 13.0. The molecule has 0 aromatic carbocycles. The molecule has 1 fully saturated rings. The van der Waals surface area contributed by atoms with E-state index in [1.165, 1.54) is 11.2 Å². The molecular weight excluding hydrogens is 248 g/mol. The molecule has 2 aromatic rings. The summed E-state index contributed by atoms with van der Waals surface area (Å²) in [6.45, 7) is 0.480. The van der Waals surface area contributed by atoms with Crippen LogP contribution in [0.5, 0.6) is 0 Å². The van der Waals surface area contributed by atoms with Gasteiger partial charge in [0.2, 0.25) is 0 Å². The maximum Gasteiger partial charge on any atom is 0.326 e. The number of nitrogens with zero attached hydrogens (tertiary/aromatic N) is 4. The summed E-state index contributed by atoms with van der Waals surface area (Å²) >= 11 is 0. The third-order valence-electron chi connectivity index (χ3n) is 3.33. The molecule has 1 aliphatic rings. The highest BCUT2D eigenvalue weighted by Crippen LogP contribution is 2.20. The maximum absolute atomic E-state index is 12.3. The van der Waals surface area contributed by atoms with Crippen molar-refractivity contribution in [2.45, 2.75) is 18.9 Å². The lowest BCUT2D eigenvalue weighted by molar-refractivity contribution is -0.141. The molecule has 3 rings (SSSR count). The van der Waals surface area contributed by atoms with Crippen molar-refractivity contribution in [3.8, 4) is 0 Å². The quantitative estimate of drug-likeness (QED) is 0.845. The predicted octanol–water partition coefficient (Wildman–Crippen LogP) is 0.418. The number of fused-ring (bicyclic) bond motifs is 1. The van der Waals surface area contributed by atoms with Gasteiger partial charge in [-0.2, -0.15) is 5.10 Å². The van der Waals surface area contributed by atoms with E-state index in [9.17, 15) is 9.59 Å². The van der Waals surface area contributed by atoms with Crippen LogP contribution < -0.4 is 0 Å². The maximum atomic E-state index is 12.3. The molecule has 1 amide bonds. The van der Waals surface area contributed by atoms with E-state index >= 15 is 0 Å². The number of amides is 1. The van der Waals surface area contributed by atoms with Crippen molar-refractivity contribution < 1.29 is 14.7 Å². The zero-order chi connectivity index (χ0) is 13.4. The summed E-state index contributed by atoms with van der Waals surface area (Å²) < 4.78 is 1.55. The second kappa shape index (κ2) is 4.34. The van der Waals surface area contributed by atoms with Crippen molar-refractivity contribution >= 4 is 17.5 Å². The summed E-state index contributed by atoms with van der Waals surface area (Å²) in [7, 11) is 0. The van der Waals surface area contributed by atoms with Crippen LogP contribution in [0.2, 0.25) is 0 Å². The smallest absolute Gasteiger partial charge is 0.326 e. The number of carboxylic acids is 1. The van der Waals surface area contributed by atoms with Crippen LogP contribution in [0.3, 0.4) is 0 Å². The van der Waals surface area contributed by atoms with Crippen LogP contribution in [0.25, 0.3) is 5.65 Å². The van der Waals surface area contributed by atoms with Crippen LogP contribution in [-0.4, -0.2) is 49.1 Å². The number of aliphatic carboxylic acids is 1. The second-order valence-corrected chi connectivity index (χ2v) is 4.47. The summed E-state index contributed by atoms with van der Waals surface area (Å²) in [5.41, 5.74) is 1.01. The average Bonchev–Trinajstić information content (AvgIpc) is 3.05. The third-order valence-corrected chi connectivity index (χ3v) is 3.33. The minimum Gasteiger partial charge on any atom is -0.480 e. The van der Waals surface area contributed by atoms with Crippen LogP contribution >= 0.6 is 0 Å². The topological polar surface area (TPSA) is 87.8 Å².